The first-order valence-electron chi connectivity index (χ1n) is 7.55. The molecule has 0 radical (unpaired) electrons. The minimum atomic E-state index is -0.239. The molecule has 1 aliphatic heterocycles. The van der Waals surface area contributed by atoms with Crippen LogP contribution in [0.25, 0.3) is 0 Å². The van der Waals surface area contributed by atoms with Crippen molar-refractivity contribution in [3.63, 3.8) is 0 Å². The number of halogens is 2. The number of hydrogen-bond acceptors (Lipinski definition) is 3. The lowest BCUT2D eigenvalue weighted by Gasteiger charge is -2.35. The summed E-state index contributed by atoms with van der Waals surface area (Å²) in [6.07, 6.45) is 4.74. The maximum atomic E-state index is 13.9. The summed E-state index contributed by atoms with van der Waals surface area (Å²) in [5.41, 5.74) is 0.984. The van der Waals surface area contributed by atoms with Crippen molar-refractivity contribution >= 4 is 23.2 Å². The van der Waals surface area contributed by atoms with Crippen molar-refractivity contribution in [3.8, 4) is 0 Å². The number of hydrogen-bond donors (Lipinski definition) is 1. The van der Waals surface area contributed by atoms with Gasteiger partial charge in [-0.05, 0) is 31.0 Å². The Kier molecular flexibility index (Phi) is 4.76. The van der Waals surface area contributed by atoms with Gasteiger partial charge < -0.3 is 10.2 Å². The first-order chi connectivity index (χ1) is 11.1. The highest BCUT2D eigenvalue weighted by Gasteiger charge is 2.24. The summed E-state index contributed by atoms with van der Waals surface area (Å²) < 4.78 is 13.9. The Morgan fingerprint density at radius 1 is 1.35 bits per heavy atom. The molecule has 4 nitrogen and oxygen atoms in total. The average molecular weight is 334 g/mol. The van der Waals surface area contributed by atoms with Crippen LogP contribution < -0.4 is 10.2 Å². The van der Waals surface area contributed by atoms with E-state index in [1.165, 1.54) is 18.5 Å². The van der Waals surface area contributed by atoms with Crippen molar-refractivity contribution in [3.05, 3.63) is 59.1 Å². The highest BCUT2D eigenvalue weighted by Crippen LogP contribution is 2.23. The smallest absolute Gasteiger partial charge is 0.253 e. The summed E-state index contributed by atoms with van der Waals surface area (Å²) >= 11 is 6.00. The molecule has 23 heavy (non-hydrogen) atoms. The van der Waals surface area contributed by atoms with E-state index in [1.54, 1.807) is 18.2 Å². The molecule has 3 rings (SSSR count). The Labute approximate surface area is 139 Å². The number of nitrogens with one attached hydrogen (secondary N) is 1. The van der Waals surface area contributed by atoms with E-state index in [9.17, 15) is 9.18 Å². The Morgan fingerprint density at radius 2 is 2.17 bits per heavy atom. The minimum absolute atomic E-state index is 0.0416. The van der Waals surface area contributed by atoms with Crippen LogP contribution in [-0.4, -0.2) is 30.0 Å². The number of para-hydroxylation sites is 1. The first-order valence-corrected chi connectivity index (χ1v) is 7.93. The second-order valence-corrected chi connectivity index (χ2v) is 5.97. The molecule has 0 saturated carbocycles. The van der Waals surface area contributed by atoms with Gasteiger partial charge in [-0.25, -0.2) is 4.39 Å². The molecule has 6 heteroatoms. The van der Waals surface area contributed by atoms with E-state index in [0.29, 0.717) is 22.8 Å². The molecular weight excluding hydrogens is 317 g/mol. The van der Waals surface area contributed by atoms with Crippen molar-refractivity contribution < 1.29 is 9.18 Å². The van der Waals surface area contributed by atoms with Crippen LogP contribution >= 0.6 is 11.6 Å². The lowest BCUT2D eigenvalue weighted by molar-refractivity contribution is 0.0933. The van der Waals surface area contributed by atoms with Gasteiger partial charge in [0.05, 0.1) is 16.3 Å². The molecular formula is C17H17ClFN3O. The van der Waals surface area contributed by atoms with Gasteiger partial charge in [-0.1, -0.05) is 23.7 Å². The van der Waals surface area contributed by atoms with Gasteiger partial charge in [0, 0.05) is 31.5 Å². The van der Waals surface area contributed by atoms with Crippen LogP contribution in [-0.2, 0) is 0 Å². The lowest BCUT2D eigenvalue weighted by Crippen LogP contribution is -2.48. The predicted octanol–water partition coefficient (Wildman–Crippen LogP) is 3.27. The molecule has 0 bridgehead atoms. The van der Waals surface area contributed by atoms with E-state index >= 15 is 0 Å². The zero-order valence-corrected chi connectivity index (χ0v) is 13.3. The van der Waals surface area contributed by atoms with Crippen molar-refractivity contribution in [1.82, 2.24) is 10.3 Å². The zero-order valence-electron chi connectivity index (χ0n) is 12.5. The fourth-order valence-corrected chi connectivity index (χ4v) is 3.05. The van der Waals surface area contributed by atoms with Gasteiger partial charge in [0.2, 0.25) is 0 Å². The molecule has 0 spiro atoms. The van der Waals surface area contributed by atoms with Crippen LogP contribution in [0.4, 0.5) is 10.1 Å². The Bertz CT molecular complexity index is 710. The Hall–Kier alpha value is -2.14. The van der Waals surface area contributed by atoms with Crippen LogP contribution in [0, 0.1) is 5.82 Å². The molecule has 2 aromatic rings. The van der Waals surface area contributed by atoms with Crippen molar-refractivity contribution in [2.75, 3.05) is 18.0 Å². The summed E-state index contributed by atoms with van der Waals surface area (Å²) in [6, 6.07) is 8.26. The predicted molar refractivity (Wildman–Crippen MR) is 88.3 cm³/mol. The van der Waals surface area contributed by atoms with E-state index < -0.39 is 0 Å². The summed E-state index contributed by atoms with van der Waals surface area (Å²) in [6.45, 7) is 1.36. The maximum Gasteiger partial charge on any atom is 0.253 e. The number of nitrogens with zero attached hydrogens (tertiary/aromatic N) is 2. The fraction of sp³-hybridized carbons (Fsp3) is 0.294. The molecule has 0 aliphatic carbocycles. The number of benzene rings is 1. The molecule has 120 valence electrons. The maximum absolute atomic E-state index is 13.9. The van der Waals surface area contributed by atoms with Gasteiger partial charge in [-0.2, -0.15) is 0 Å². The molecule has 1 amide bonds. The molecule has 2 heterocycles. The van der Waals surface area contributed by atoms with Crippen LogP contribution in [0.1, 0.15) is 23.2 Å². The summed E-state index contributed by atoms with van der Waals surface area (Å²) in [4.78, 5) is 18.2. The number of aromatic nitrogens is 1. The van der Waals surface area contributed by atoms with Crippen LogP contribution in [0.15, 0.2) is 42.7 Å². The number of pyridine rings is 1. The first kappa shape index (κ1) is 15.7. The number of anilines is 1. The average Bonchev–Trinajstić information content (AvgIpc) is 2.56. The van der Waals surface area contributed by atoms with Crippen molar-refractivity contribution in [2.24, 2.45) is 0 Å². The molecule has 1 aliphatic rings. The largest absolute Gasteiger partial charge is 0.367 e. The highest BCUT2D eigenvalue weighted by molar-refractivity contribution is 6.33. The third-order valence-corrected chi connectivity index (χ3v) is 4.27. The summed E-state index contributed by atoms with van der Waals surface area (Å²) in [5.74, 6) is -0.463. The minimum Gasteiger partial charge on any atom is -0.367 e. The van der Waals surface area contributed by atoms with Gasteiger partial charge in [-0.3, -0.25) is 9.78 Å². The normalized spacial score (nSPS) is 17.8. The van der Waals surface area contributed by atoms with Gasteiger partial charge >= 0.3 is 0 Å². The van der Waals surface area contributed by atoms with Crippen molar-refractivity contribution in [2.45, 2.75) is 18.9 Å². The Balaban J connectivity index is 1.69. The number of carbonyl (C=O) groups is 1. The number of piperidine rings is 1. The summed E-state index contributed by atoms with van der Waals surface area (Å²) in [7, 11) is 0. The molecule has 1 aromatic carbocycles. The zero-order chi connectivity index (χ0) is 16.2. The second-order valence-electron chi connectivity index (χ2n) is 5.57. The number of amides is 1. The van der Waals surface area contributed by atoms with Gasteiger partial charge in [0.25, 0.3) is 5.91 Å². The SMILES string of the molecule is O=C(N[C@H]1CCCN(c2ccccc2F)C1)c1ccncc1Cl. The van der Waals surface area contributed by atoms with Crippen LogP contribution in [0.2, 0.25) is 5.02 Å². The molecule has 1 atom stereocenters. The monoisotopic (exact) mass is 333 g/mol. The molecule has 0 unspecified atom stereocenters. The molecule has 1 fully saturated rings. The van der Waals surface area contributed by atoms with E-state index in [0.717, 1.165) is 19.4 Å². The lowest BCUT2D eigenvalue weighted by atomic mass is 10.0. The van der Waals surface area contributed by atoms with Crippen molar-refractivity contribution in [1.29, 1.82) is 0 Å². The van der Waals surface area contributed by atoms with Gasteiger partial charge in [0.15, 0.2) is 0 Å². The summed E-state index contributed by atoms with van der Waals surface area (Å²) in [5, 5.41) is 3.31. The highest BCUT2D eigenvalue weighted by atomic mass is 35.5. The molecule has 1 saturated heterocycles. The standard InChI is InChI=1S/C17H17ClFN3O/c18-14-10-20-8-7-13(14)17(23)21-12-4-3-9-22(11-12)16-6-2-1-5-15(16)19/h1-2,5-8,10,12H,3-4,9,11H2,(H,21,23)/t12-/m0/s1. The molecule has 1 N–H and O–H groups in total. The van der Waals surface area contributed by atoms with Gasteiger partial charge in [0.1, 0.15) is 5.82 Å². The van der Waals surface area contributed by atoms with Crippen LogP contribution in [0.5, 0.6) is 0 Å². The topological polar surface area (TPSA) is 45.2 Å². The fourth-order valence-electron chi connectivity index (χ4n) is 2.84. The number of carbonyl (C=O) groups excluding carboxylic acids is 1. The second kappa shape index (κ2) is 6.96. The number of rotatable bonds is 3. The van der Waals surface area contributed by atoms with Gasteiger partial charge in [-0.15, -0.1) is 0 Å². The van der Waals surface area contributed by atoms with E-state index in [-0.39, 0.29) is 17.8 Å². The third-order valence-electron chi connectivity index (χ3n) is 3.97. The molecule has 1 aromatic heterocycles. The Morgan fingerprint density at radius 3 is 2.96 bits per heavy atom. The van der Waals surface area contributed by atoms with E-state index in [4.69, 9.17) is 11.6 Å². The third kappa shape index (κ3) is 3.62. The van der Waals surface area contributed by atoms with Crippen LogP contribution in [0.3, 0.4) is 0 Å². The quantitative estimate of drug-likeness (QED) is 0.937. The van der Waals surface area contributed by atoms with E-state index in [1.807, 2.05) is 11.0 Å². The van der Waals surface area contributed by atoms with E-state index in [2.05, 4.69) is 10.3 Å².